The maximum absolute atomic E-state index is 12.2. The third-order valence-electron chi connectivity index (χ3n) is 2.58. The van der Waals surface area contributed by atoms with Crippen LogP contribution in [-0.4, -0.2) is 21.2 Å². The highest BCUT2D eigenvalue weighted by molar-refractivity contribution is 6.31. The van der Waals surface area contributed by atoms with Gasteiger partial charge in [-0.15, -0.1) is 0 Å². The summed E-state index contributed by atoms with van der Waals surface area (Å²) < 4.78 is 0. The zero-order chi connectivity index (χ0) is 14.9. The summed E-state index contributed by atoms with van der Waals surface area (Å²) in [7, 11) is 0. The molecule has 0 radical (unpaired) electrons. The molecule has 0 atom stereocenters. The summed E-state index contributed by atoms with van der Waals surface area (Å²) in [5.41, 5.74) is -1.84. The number of hydrogen-bond donors (Lipinski definition) is 3. The van der Waals surface area contributed by atoms with Gasteiger partial charge in [0.2, 0.25) is 0 Å². The topological polar surface area (TPSA) is 107 Å². The van der Waals surface area contributed by atoms with Gasteiger partial charge in [-0.2, -0.15) is 0 Å². The summed E-state index contributed by atoms with van der Waals surface area (Å²) in [6.07, 6.45) is 1.54. The fourth-order valence-corrected chi connectivity index (χ4v) is 1.86. The van der Waals surface area contributed by atoms with E-state index in [4.69, 9.17) is 16.7 Å². The first kappa shape index (κ1) is 13.8. The molecule has 7 heteroatoms. The van der Waals surface area contributed by atoms with Gasteiger partial charge >= 0.3 is 5.97 Å². The van der Waals surface area contributed by atoms with Crippen molar-refractivity contribution < 1.29 is 15.0 Å². The maximum atomic E-state index is 12.2. The van der Waals surface area contributed by atoms with E-state index in [9.17, 15) is 19.5 Å². The number of aromatic nitrogens is 1. The summed E-state index contributed by atoms with van der Waals surface area (Å²) in [6.45, 7) is 0. The summed E-state index contributed by atoms with van der Waals surface area (Å²) in [4.78, 5) is 36.7. The van der Waals surface area contributed by atoms with Crippen LogP contribution in [0.1, 0.15) is 5.56 Å². The second-order valence-electron chi connectivity index (χ2n) is 3.91. The molecule has 0 aliphatic carbocycles. The highest BCUT2D eigenvalue weighted by atomic mass is 35.5. The van der Waals surface area contributed by atoms with E-state index >= 15 is 0 Å². The molecule has 0 unspecified atom stereocenters. The third-order valence-corrected chi connectivity index (χ3v) is 2.82. The van der Waals surface area contributed by atoms with Gasteiger partial charge in [0.15, 0.2) is 11.2 Å². The molecule has 0 amide bonds. The number of carboxylic acid groups (broad SMARTS) is 1. The average molecular weight is 294 g/mol. The van der Waals surface area contributed by atoms with Crippen molar-refractivity contribution in [3.05, 3.63) is 55.4 Å². The van der Waals surface area contributed by atoms with Crippen molar-refractivity contribution in [3.8, 4) is 5.75 Å². The van der Waals surface area contributed by atoms with E-state index in [2.05, 4.69) is 4.98 Å². The zero-order valence-corrected chi connectivity index (χ0v) is 10.6. The van der Waals surface area contributed by atoms with Crippen molar-refractivity contribution >= 4 is 34.5 Å². The monoisotopic (exact) mass is 293 g/mol. The predicted octanol–water partition coefficient (Wildman–Crippen LogP) is 1.35. The Morgan fingerprint density at radius 2 is 2.00 bits per heavy atom. The Labute approximate surface area is 116 Å². The molecular formula is C13H8ClNO5. The maximum Gasteiger partial charge on any atom is 0.328 e. The lowest BCUT2D eigenvalue weighted by Gasteiger charge is -1.92. The lowest BCUT2D eigenvalue weighted by atomic mass is 10.1. The molecule has 2 rings (SSSR count). The van der Waals surface area contributed by atoms with Crippen LogP contribution in [0.2, 0.25) is 5.02 Å². The number of carbonyl (C=O) groups is 1. The van der Waals surface area contributed by atoms with Crippen molar-refractivity contribution in [2.24, 2.45) is 0 Å². The number of nitrogens with one attached hydrogen (secondary N) is 1. The summed E-state index contributed by atoms with van der Waals surface area (Å²) in [5, 5.41) is 18.7. The van der Waals surface area contributed by atoms with Gasteiger partial charge in [0.1, 0.15) is 0 Å². The standard InChI is InChI=1S/C13H8ClNO5/c14-6-1-2-7-9(5-6)15-13(20)12(19)8(11(7)18)3-4-10(16)17/h1-5,19H,(H,15,20)(H,16,17). The molecule has 0 fully saturated rings. The SMILES string of the molecule is O=C(O)C=Cc1c(O)c(=O)[nH]c2cc(Cl)ccc2c1=O. The number of aliphatic carboxylic acids is 1. The Hall–Kier alpha value is -2.60. The number of H-pyrrole nitrogens is 1. The minimum atomic E-state index is -1.31. The Morgan fingerprint density at radius 3 is 2.65 bits per heavy atom. The molecule has 2 aromatic rings. The second-order valence-corrected chi connectivity index (χ2v) is 4.34. The number of rotatable bonds is 2. The Bertz CT molecular complexity index is 854. The first-order valence-electron chi connectivity index (χ1n) is 5.40. The van der Waals surface area contributed by atoms with E-state index in [0.717, 1.165) is 6.08 Å². The zero-order valence-electron chi connectivity index (χ0n) is 9.88. The smallest absolute Gasteiger partial charge is 0.328 e. The van der Waals surface area contributed by atoms with Gasteiger partial charge in [-0.25, -0.2) is 4.79 Å². The van der Waals surface area contributed by atoms with Gasteiger partial charge < -0.3 is 15.2 Å². The molecule has 1 heterocycles. The van der Waals surface area contributed by atoms with Crippen molar-refractivity contribution in [2.75, 3.05) is 0 Å². The number of carboxylic acids is 1. The van der Waals surface area contributed by atoms with Crippen LogP contribution in [0.3, 0.4) is 0 Å². The van der Waals surface area contributed by atoms with Crippen molar-refractivity contribution in [1.29, 1.82) is 0 Å². The van der Waals surface area contributed by atoms with Crippen LogP contribution in [-0.2, 0) is 4.79 Å². The number of hydrogen-bond acceptors (Lipinski definition) is 4. The van der Waals surface area contributed by atoms with E-state index in [1.54, 1.807) is 0 Å². The molecule has 102 valence electrons. The lowest BCUT2D eigenvalue weighted by Crippen LogP contribution is -2.06. The van der Waals surface area contributed by atoms with Gasteiger partial charge in [0, 0.05) is 16.5 Å². The number of fused-ring (bicyclic) bond motifs is 1. The van der Waals surface area contributed by atoms with Crippen molar-refractivity contribution in [3.63, 3.8) is 0 Å². The first-order chi connectivity index (χ1) is 9.40. The summed E-state index contributed by atoms with van der Waals surface area (Å²) >= 11 is 5.77. The van der Waals surface area contributed by atoms with Crippen molar-refractivity contribution in [2.45, 2.75) is 0 Å². The van der Waals surface area contributed by atoms with E-state index in [0.29, 0.717) is 11.1 Å². The van der Waals surface area contributed by atoms with Crippen molar-refractivity contribution in [1.82, 2.24) is 4.98 Å². The van der Waals surface area contributed by atoms with E-state index in [-0.39, 0.29) is 10.9 Å². The molecule has 1 aromatic heterocycles. The van der Waals surface area contributed by atoms with Crippen LogP contribution in [0.25, 0.3) is 17.0 Å². The van der Waals surface area contributed by atoms with Gasteiger partial charge in [0.05, 0.1) is 11.1 Å². The molecule has 1 aromatic carbocycles. The number of halogens is 1. The van der Waals surface area contributed by atoms with Gasteiger partial charge in [-0.05, 0) is 24.3 Å². The number of benzene rings is 1. The Kier molecular flexibility index (Phi) is 3.58. The fourth-order valence-electron chi connectivity index (χ4n) is 1.68. The highest BCUT2D eigenvalue weighted by Crippen LogP contribution is 2.16. The molecule has 0 saturated heterocycles. The van der Waals surface area contributed by atoms with Gasteiger partial charge in [-0.3, -0.25) is 9.59 Å². The van der Waals surface area contributed by atoms with Crippen LogP contribution < -0.4 is 11.0 Å². The van der Waals surface area contributed by atoms with E-state index in [1.807, 2.05) is 0 Å². The van der Waals surface area contributed by atoms with Gasteiger partial charge in [-0.1, -0.05) is 11.6 Å². The molecule has 0 spiro atoms. The highest BCUT2D eigenvalue weighted by Gasteiger charge is 2.10. The molecule has 3 N–H and O–H groups in total. The minimum Gasteiger partial charge on any atom is -0.503 e. The van der Waals surface area contributed by atoms with Crippen LogP contribution in [0, 0.1) is 0 Å². The van der Waals surface area contributed by atoms with Crippen LogP contribution in [0.15, 0.2) is 33.9 Å². The average Bonchev–Trinajstić information content (AvgIpc) is 2.45. The predicted molar refractivity (Wildman–Crippen MR) is 74.2 cm³/mol. The molecular weight excluding hydrogens is 286 g/mol. The molecule has 0 aliphatic heterocycles. The normalized spacial score (nSPS) is 11.1. The van der Waals surface area contributed by atoms with Gasteiger partial charge in [0.25, 0.3) is 5.56 Å². The Balaban J connectivity index is 2.96. The third kappa shape index (κ3) is 2.55. The molecule has 20 heavy (non-hydrogen) atoms. The van der Waals surface area contributed by atoms with Crippen LogP contribution >= 0.6 is 11.6 Å². The van der Waals surface area contributed by atoms with E-state index < -0.39 is 28.3 Å². The summed E-state index contributed by atoms with van der Waals surface area (Å²) in [5.74, 6) is -2.15. The molecule has 6 nitrogen and oxygen atoms in total. The minimum absolute atomic E-state index is 0.108. The Morgan fingerprint density at radius 1 is 1.30 bits per heavy atom. The fraction of sp³-hybridized carbons (Fsp3) is 0. The second kappa shape index (κ2) is 5.18. The number of aromatic amines is 1. The number of aromatic hydroxyl groups is 1. The lowest BCUT2D eigenvalue weighted by molar-refractivity contribution is -0.131. The largest absolute Gasteiger partial charge is 0.503 e. The van der Waals surface area contributed by atoms with Crippen LogP contribution in [0.4, 0.5) is 0 Å². The summed E-state index contributed by atoms with van der Waals surface area (Å²) in [6, 6.07) is 4.20. The molecule has 0 saturated carbocycles. The van der Waals surface area contributed by atoms with Crippen LogP contribution in [0.5, 0.6) is 5.75 Å². The molecule has 0 aliphatic rings. The van der Waals surface area contributed by atoms with E-state index in [1.165, 1.54) is 18.2 Å². The molecule has 0 bridgehead atoms. The first-order valence-corrected chi connectivity index (χ1v) is 5.78. The quantitative estimate of drug-likeness (QED) is 0.724.